The molecule has 2 rings (SSSR count). The lowest BCUT2D eigenvalue weighted by atomic mass is 10.0. The van der Waals surface area contributed by atoms with Gasteiger partial charge in [-0.1, -0.05) is 12.1 Å². The molecule has 23 heavy (non-hydrogen) atoms. The molecule has 0 spiro atoms. The van der Waals surface area contributed by atoms with Gasteiger partial charge in [0.05, 0.1) is 6.07 Å². The van der Waals surface area contributed by atoms with Gasteiger partial charge in [-0.15, -0.1) is 0 Å². The molecule has 2 N–H and O–H groups in total. The molecule has 1 aliphatic rings. The SMILES string of the molecule is N#C[C@H](Cc1ccc(I)cc1)NC(=O)[C@@H]1CCCCN1C(=O)O. The second kappa shape index (κ2) is 8.15. The lowest BCUT2D eigenvalue weighted by Crippen LogP contribution is -2.53. The molecule has 1 aromatic carbocycles. The molecule has 2 atom stereocenters. The van der Waals surface area contributed by atoms with Crippen LogP contribution in [0.3, 0.4) is 0 Å². The highest BCUT2D eigenvalue weighted by atomic mass is 127. The van der Waals surface area contributed by atoms with Crippen molar-refractivity contribution in [1.29, 1.82) is 5.26 Å². The van der Waals surface area contributed by atoms with Crippen LogP contribution in [0.15, 0.2) is 24.3 Å². The molecule has 0 aliphatic carbocycles. The molecule has 7 heteroatoms. The largest absolute Gasteiger partial charge is 0.465 e. The smallest absolute Gasteiger partial charge is 0.407 e. The summed E-state index contributed by atoms with van der Waals surface area (Å²) in [5.74, 6) is -0.385. The molecule has 0 saturated carbocycles. The van der Waals surface area contributed by atoms with Crippen molar-refractivity contribution in [2.24, 2.45) is 0 Å². The van der Waals surface area contributed by atoms with Crippen LogP contribution >= 0.6 is 22.6 Å². The number of hydrogen-bond donors (Lipinski definition) is 2. The molecule has 2 amide bonds. The van der Waals surface area contributed by atoms with Crippen molar-refractivity contribution in [2.75, 3.05) is 6.54 Å². The van der Waals surface area contributed by atoms with E-state index < -0.39 is 18.2 Å². The van der Waals surface area contributed by atoms with Gasteiger partial charge < -0.3 is 10.4 Å². The van der Waals surface area contributed by atoms with E-state index in [4.69, 9.17) is 0 Å². The number of likely N-dealkylation sites (tertiary alicyclic amines) is 1. The molecule has 1 aromatic rings. The van der Waals surface area contributed by atoms with E-state index in [2.05, 4.69) is 34.0 Å². The summed E-state index contributed by atoms with van der Waals surface area (Å²) >= 11 is 2.20. The van der Waals surface area contributed by atoms with Crippen molar-refractivity contribution in [1.82, 2.24) is 10.2 Å². The number of hydrogen-bond acceptors (Lipinski definition) is 3. The van der Waals surface area contributed by atoms with Crippen LogP contribution in [0.4, 0.5) is 4.79 Å². The van der Waals surface area contributed by atoms with Crippen LogP contribution in [0.25, 0.3) is 0 Å². The molecular formula is C16H18IN3O3. The van der Waals surface area contributed by atoms with Gasteiger partial charge >= 0.3 is 6.09 Å². The van der Waals surface area contributed by atoms with Gasteiger partial charge in [-0.05, 0) is 59.5 Å². The average Bonchev–Trinajstić information content (AvgIpc) is 2.56. The van der Waals surface area contributed by atoms with Crippen molar-refractivity contribution in [3.05, 3.63) is 33.4 Å². The van der Waals surface area contributed by atoms with Crippen molar-refractivity contribution < 1.29 is 14.7 Å². The fraction of sp³-hybridized carbons (Fsp3) is 0.438. The van der Waals surface area contributed by atoms with E-state index in [1.54, 1.807) is 0 Å². The van der Waals surface area contributed by atoms with Crippen LogP contribution in [-0.2, 0) is 11.2 Å². The van der Waals surface area contributed by atoms with Gasteiger partial charge in [0.2, 0.25) is 5.91 Å². The Morgan fingerprint density at radius 1 is 1.39 bits per heavy atom. The molecule has 1 fully saturated rings. The molecule has 1 aliphatic heterocycles. The molecule has 0 unspecified atom stereocenters. The van der Waals surface area contributed by atoms with E-state index in [0.717, 1.165) is 26.9 Å². The quantitative estimate of drug-likeness (QED) is 0.722. The minimum absolute atomic E-state index is 0.363. The third kappa shape index (κ3) is 4.82. The van der Waals surface area contributed by atoms with Gasteiger partial charge in [0.15, 0.2) is 0 Å². The van der Waals surface area contributed by atoms with E-state index in [-0.39, 0.29) is 5.91 Å². The Balaban J connectivity index is 2.00. The molecule has 122 valence electrons. The van der Waals surface area contributed by atoms with Crippen LogP contribution in [0.1, 0.15) is 24.8 Å². The normalized spacial score (nSPS) is 18.8. The van der Waals surface area contributed by atoms with E-state index in [1.165, 1.54) is 0 Å². The molecule has 6 nitrogen and oxygen atoms in total. The standard InChI is InChI=1S/C16H18IN3O3/c17-12-6-4-11(5-7-12)9-13(10-18)19-15(21)14-3-1-2-8-20(14)16(22)23/h4-7,13-14H,1-3,8-9H2,(H,19,21)(H,22,23)/t13-,14-/m0/s1. The number of carboxylic acid groups (broad SMARTS) is 1. The fourth-order valence-electron chi connectivity index (χ4n) is 2.69. The van der Waals surface area contributed by atoms with Gasteiger partial charge in [0.25, 0.3) is 0 Å². The average molecular weight is 427 g/mol. The summed E-state index contributed by atoms with van der Waals surface area (Å²) in [6.45, 7) is 0.363. The minimum atomic E-state index is -1.09. The highest BCUT2D eigenvalue weighted by molar-refractivity contribution is 14.1. The summed E-state index contributed by atoms with van der Waals surface area (Å²) < 4.78 is 1.10. The number of nitriles is 1. The van der Waals surface area contributed by atoms with E-state index in [0.29, 0.717) is 19.4 Å². The van der Waals surface area contributed by atoms with E-state index >= 15 is 0 Å². The van der Waals surface area contributed by atoms with Gasteiger partial charge in [0, 0.05) is 16.5 Å². The summed E-state index contributed by atoms with van der Waals surface area (Å²) in [6, 6.07) is 8.44. The summed E-state index contributed by atoms with van der Waals surface area (Å²) in [6.07, 6.45) is 1.39. The van der Waals surface area contributed by atoms with Crippen LogP contribution in [0, 0.1) is 14.9 Å². The van der Waals surface area contributed by atoms with Crippen LogP contribution in [0.5, 0.6) is 0 Å². The molecule has 0 bridgehead atoms. The second-order valence-corrected chi connectivity index (χ2v) is 6.75. The number of nitrogens with zero attached hydrogens (tertiary/aromatic N) is 2. The van der Waals surface area contributed by atoms with Gasteiger partial charge in [0.1, 0.15) is 12.1 Å². The fourth-order valence-corrected chi connectivity index (χ4v) is 3.05. The van der Waals surface area contributed by atoms with Gasteiger partial charge in [-0.2, -0.15) is 5.26 Å². The number of benzene rings is 1. The Kier molecular flexibility index (Phi) is 6.21. The maximum atomic E-state index is 12.4. The van der Waals surface area contributed by atoms with Crippen molar-refractivity contribution in [3.8, 4) is 6.07 Å². The summed E-state index contributed by atoms with van der Waals surface area (Å²) in [7, 11) is 0. The third-order valence-corrected chi connectivity index (χ3v) is 4.60. The zero-order valence-electron chi connectivity index (χ0n) is 12.5. The van der Waals surface area contributed by atoms with Crippen LogP contribution in [-0.4, -0.2) is 40.6 Å². The summed E-state index contributed by atoms with van der Waals surface area (Å²) in [5.41, 5.74) is 0.955. The van der Waals surface area contributed by atoms with E-state index in [9.17, 15) is 20.0 Å². The number of carbonyl (C=O) groups excluding carboxylic acids is 1. The van der Waals surface area contributed by atoms with Crippen LogP contribution in [0.2, 0.25) is 0 Å². The highest BCUT2D eigenvalue weighted by Gasteiger charge is 2.32. The lowest BCUT2D eigenvalue weighted by molar-refractivity contribution is -0.127. The molecule has 0 aromatic heterocycles. The van der Waals surface area contributed by atoms with Gasteiger partial charge in [-0.25, -0.2) is 4.79 Å². The Morgan fingerprint density at radius 2 is 2.09 bits per heavy atom. The van der Waals surface area contributed by atoms with Crippen molar-refractivity contribution >= 4 is 34.6 Å². The first-order valence-corrected chi connectivity index (χ1v) is 8.53. The molecule has 1 heterocycles. The first-order chi connectivity index (χ1) is 11.0. The van der Waals surface area contributed by atoms with Crippen LogP contribution < -0.4 is 5.32 Å². The zero-order valence-corrected chi connectivity index (χ0v) is 14.7. The molecule has 1 saturated heterocycles. The zero-order chi connectivity index (χ0) is 16.8. The maximum absolute atomic E-state index is 12.4. The first kappa shape index (κ1) is 17.5. The number of rotatable bonds is 4. The predicted octanol–water partition coefficient (Wildman–Crippen LogP) is 2.37. The number of piperidine rings is 1. The lowest BCUT2D eigenvalue weighted by Gasteiger charge is -2.32. The third-order valence-electron chi connectivity index (χ3n) is 3.88. The Bertz CT molecular complexity index is 612. The Labute approximate surface area is 148 Å². The first-order valence-electron chi connectivity index (χ1n) is 7.45. The van der Waals surface area contributed by atoms with Crippen molar-refractivity contribution in [2.45, 2.75) is 37.8 Å². The number of amides is 2. The van der Waals surface area contributed by atoms with Gasteiger partial charge in [-0.3, -0.25) is 9.69 Å². The maximum Gasteiger partial charge on any atom is 0.407 e. The molecular weight excluding hydrogens is 409 g/mol. The minimum Gasteiger partial charge on any atom is -0.465 e. The second-order valence-electron chi connectivity index (χ2n) is 5.51. The molecule has 0 radical (unpaired) electrons. The summed E-state index contributed by atoms with van der Waals surface area (Å²) in [5, 5.41) is 21.1. The summed E-state index contributed by atoms with van der Waals surface area (Å²) in [4.78, 5) is 24.8. The predicted molar refractivity (Wildman–Crippen MR) is 92.8 cm³/mol. The number of halogens is 1. The topological polar surface area (TPSA) is 93.4 Å². The highest BCUT2D eigenvalue weighted by Crippen LogP contribution is 2.17. The Morgan fingerprint density at radius 3 is 2.70 bits per heavy atom. The monoisotopic (exact) mass is 427 g/mol. The number of nitrogens with one attached hydrogen (secondary N) is 1. The number of carbonyl (C=O) groups is 2. The van der Waals surface area contributed by atoms with E-state index in [1.807, 2.05) is 24.3 Å². The van der Waals surface area contributed by atoms with Crippen molar-refractivity contribution in [3.63, 3.8) is 0 Å². The Hall–Kier alpha value is -1.82.